The lowest BCUT2D eigenvalue weighted by Gasteiger charge is -2.14. The number of halogens is 1. The minimum absolute atomic E-state index is 0.0383. The van der Waals surface area contributed by atoms with Gasteiger partial charge in [0.25, 0.3) is 5.69 Å². The van der Waals surface area contributed by atoms with Crippen LogP contribution in [0.1, 0.15) is 0 Å². The summed E-state index contributed by atoms with van der Waals surface area (Å²) in [5.41, 5.74) is -0.130. The van der Waals surface area contributed by atoms with Crippen LogP contribution in [0.2, 0.25) is 5.02 Å². The van der Waals surface area contributed by atoms with Crippen LogP contribution in [0.4, 0.5) is 5.69 Å². The Labute approximate surface area is 132 Å². The van der Waals surface area contributed by atoms with Gasteiger partial charge in [-0.1, -0.05) is 29.8 Å². The molecule has 6 nitrogen and oxygen atoms in total. The SMILES string of the molecule is O=[N+]([O-])c1ccc(Cl)c(OCC(O)COc2ccccc2)c1. The van der Waals surface area contributed by atoms with E-state index in [1.165, 1.54) is 18.2 Å². The molecule has 1 unspecified atom stereocenters. The third-order valence-corrected chi connectivity index (χ3v) is 3.05. The van der Waals surface area contributed by atoms with E-state index in [0.717, 1.165) is 0 Å². The number of aliphatic hydroxyl groups is 1. The average molecular weight is 324 g/mol. The van der Waals surface area contributed by atoms with E-state index in [0.29, 0.717) is 5.75 Å². The van der Waals surface area contributed by atoms with Gasteiger partial charge in [0.15, 0.2) is 0 Å². The second kappa shape index (κ2) is 7.63. The third kappa shape index (κ3) is 4.61. The molecule has 0 bridgehead atoms. The number of aliphatic hydroxyl groups excluding tert-OH is 1. The number of ether oxygens (including phenoxy) is 2. The Morgan fingerprint density at radius 1 is 1.14 bits per heavy atom. The molecule has 22 heavy (non-hydrogen) atoms. The van der Waals surface area contributed by atoms with E-state index in [2.05, 4.69) is 0 Å². The van der Waals surface area contributed by atoms with E-state index in [9.17, 15) is 15.2 Å². The summed E-state index contributed by atoms with van der Waals surface area (Å²) in [7, 11) is 0. The maximum absolute atomic E-state index is 10.7. The molecular formula is C15H14ClNO5. The van der Waals surface area contributed by atoms with Gasteiger partial charge in [0.2, 0.25) is 0 Å². The second-order valence-corrected chi connectivity index (χ2v) is 4.87. The van der Waals surface area contributed by atoms with E-state index in [4.69, 9.17) is 21.1 Å². The van der Waals surface area contributed by atoms with Crippen molar-refractivity contribution in [1.82, 2.24) is 0 Å². The molecule has 0 aliphatic rings. The Morgan fingerprint density at radius 2 is 1.82 bits per heavy atom. The van der Waals surface area contributed by atoms with Crippen molar-refractivity contribution in [3.63, 3.8) is 0 Å². The van der Waals surface area contributed by atoms with Crippen molar-refractivity contribution >= 4 is 17.3 Å². The minimum atomic E-state index is -0.893. The van der Waals surface area contributed by atoms with E-state index in [1.54, 1.807) is 12.1 Å². The molecule has 0 amide bonds. The molecule has 2 aromatic rings. The van der Waals surface area contributed by atoms with Gasteiger partial charge in [0.1, 0.15) is 30.8 Å². The van der Waals surface area contributed by atoms with Gasteiger partial charge >= 0.3 is 0 Å². The summed E-state index contributed by atoms with van der Waals surface area (Å²) in [5, 5.41) is 20.8. The zero-order valence-electron chi connectivity index (χ0n) is 11.5. The normalized spacial score (nSPS) is 11.7. The zero-order valence-corrected chi connectivity index (χ0v) is 12.3. The number of hydrogen-bond acceptors (Lipinski definition) is 5. The number of nitro groups is 1. The summed E-state index contributed by atoms with van der Waals surface area (Å²) in [5.74, 6) is 0.782. The predicted molar refractivity (Wildman–Crippen MR) is 81.5 cm³/mol. The van der Waals surface area contributed by atoms with Gasteiger partial charge in [-0.05, 0) is 18.2 Å². The summed E-state index contributed by atoms with van der Waals surface area (Å²) in [6.07, 6.45) is -0.893. The Morgan fingerprint density at radius 3 is 2.50 bits per heavy atom. The Balaban J connectivity index is 1.87. The van der Waals surface area contributed by atoms with Crippen molar-refractivity contribution in [2.45, 2.75) is 6.10 Å². The number of nitrogens with zero attached hydrogens (tertiary/aromatic N) is 1. The first kappa shape index (κ1) is 16.1. The van der Waals surface area contributed by atoms with Gasteiger partial charge in [0, 0.05) is 6.07 Å². The summed E-state index contributed by atoms with van der Waals surface area (Å²) >= 11 is 5.90. The number of hydrogen-bond donors (Lipinski definition) is 1. The number of rotatable bonds is 7. The molecule has 0 spiro atoms. The average Bonchev–Trinajstić information content (AvgIpc) is 2.53. The van der Waals surface area contributed by atoms with Gasteiger partial charge in [-0.15, -0.1) is 0 Å². The predicted octanol–water partition coefficient (Wildman–Crippen LogP) is 3.07. The van der Waals surface area contributed by atoms with Gasteiger partial charge in [0.05, 0.1) is 16.0 Å². The highest BCUT2D eigenvalue weighted by molar-refractivity contribution is 6.32. The second-order valence-electron chi connectivity index (χ2n) is 4.46. The van der Waals surface area contributed by atoms with Crippen molar-refractivity contribution in [3.8, 4) is 11.5 Å². The van der Waals surface area contributed by atoms with Crippen molar-refractivity contribution in [3.05, 3.63) is 63.7 Å². The standard InChI is InChI=1S/C15H14ClNO5/c16-14-7-6-11(17(19)20)8-15(14)22-10-12(18)9-21-13-4-2-1-3-5-13/h1-8,12,18H,9-10H2. The van der Waals surface area contributed by atoms with Crippen molar-refractivity contribution in [2.75, 3.05) is 13.2 Å². The maximum Gasteiger partial charge on any atom is 0.273 e. The van der Waals surface area contributed by atoms with E-state index < -0.39 is 11.0 Å². The summed E-state index contributed by atoms with van der Waals surface area (Å²) < 4.78 is 10.7. The van der Waals surface area contributed by atoms with Gasteiger partial charge in [-0.25, -0.2) is 0 Å². The zero-order chi connectivity index (χ0) is 15.9. The molecule has 0 aliphatic heterocycles. The molecule has 0 aliphatic carbocycles. The molecule has 0 radical (unpaired) electrons. The van der Waals surface area contributed by atoms with Crippen LogP contribution in [0.25, 0.3) is 0 Å². The lowest BCUT2D eigenvalue weighted by molar-refractivity contribution is -0.384. The lowest BCUT2D eigenvalue weighted by atomic mass is 10.3. The Bertz CT molecular complexity index is 635. The summed E-state index contributed by atoms with van der Waals surface area (Å²) in [6, 6.07) is 12.9. The summed E-state index contributed by atoms with van der Waals surface area (Å²) in [4.78, 5) is 10.2. The molecule has 0 heterocycles. The highest BCUT2D eigenvalue weighted by Gasteiger charge is 2.13. The van der Waals surface area contributed by atoms with Crippen LogP contribution in [-0.4, -0.2) is 29.3 Å². The van der Waals surface area contributed by atoms with Crippen LogP contribution in [0.3, 0.4) is 0 Å². The number of para-hydroxylation sites is 1. The van der Waals surface area contributed by atoms with Crippen LogP contribution < -0.4 is 9.47 Å². The van der Waals surface area contributed by atoms with Gasteiger partial charge < -0.3 is 14.6 Å². The van der Waals surface area contributed by atoms with Crippen molar-refractivity contribution < 1.29 is 19.5 Å². The van der Waals surface area contributed by atoms with Gasteiger partial charge in [-0.2, -0.15) is 0 Å². The molecule has 0 saturated carbocycles. The maximum atomic E-state index is 10.7. The van der Waals surface area contributed by atoms with Crippen LogP contribution in [0.15, 0.2) is 48.5 Å². The van der Waals surface area contributed by atoms with E-state index >= 15 is 0 Å². The van der Waals surface area contributed by atoms with Gasteiger partial charge in [-0.3, -0.25) is 10.1 Å². The van der Waals surface area contributed by atoms with Crippen molar-refractivity contribution in [1.29, 1.82) is 0 Å². The molecular weight excluding hydrogens is 310 g/mol. The number of benzene rings is 2. The first-order chi connectivity index (χ1) is 10.6. The first-order valence-corrected chi connectivity index (χ1v) is 6.86. The van der Waals surface area contributed by atoms with Crippen LogP contribution in [-0.2, 0) is 0 Å². The first-order valence-electron chi connectivity index (χ1n) is 6.49. The molecule has 2 rings (SSSR count). The highest BCUT2D eigenvalue weighted by atomic mass is 35.5. The van der Waals surface area contributed by atoms with Crippen molar-refractivity contribution in [2.24, 2.45) is 0 Å². The fraction of sp³-hybridized carbons (Fsp3) is 0.200. The lowest BCUT2D eigenvalue weighted by Crippen LogP contribution is -2.25. The van der Waals surface area contributed by atoms with Crippen LogP contribution in [0, 0.1) is 10.1 Å². The molecule has 2 aromatic carbocycles. The third-order valence-electron chi connectivity index (χ3n) is 2.74. The Hall–Kier alpha value is -2.31. The molecule has 0 fully saturated rings. The number of non-ortho nitro benzene ring substituents is 1. The molecule has 116 valence electrons. The fourth-order valence-corrected chi connectivity index (χ4v) is 1.83. The highest BCUT2D eigenvalue weighted by Crippen LogP contribution is 2.28. The molecule has 7 heteroatoms. The van der Waals surface area contributed by atoms with E-state index in [-0.39, 0.29) is 29.7 Å². The quantitative estimate of drug-likeness (QED) is 0.625. The molecule has 1 N–H and O–H groups in total. The smallest absolute Gasteiger partial charge is 0.273 e. The molecule has 0 saturated heterocycles. The van der Waals surface area contributed by atoms with Crippen LogP contribution >= 0.6 is 11.6 Å². The minimum Gasteiger partial charge on any atom is -0.491 e. The summed E-state index contributed by atoms with van der Waals surface area (Å²) in [6.45, 7) is -0.0513. The molecule has 1 atom stereocenters. The Kier molecular flexibility index (Phi) is 5.57. The topological polar surface area (TPSA) is 81.8 Å². The monoisotopic (exact) mass is 323 g/mol. The van der Waals surface area contributed by atoms with E-state index in [1.807, 2.05) is 18.2 Å². The number of nitro benzene ring substituents is 1. The van der Waals surface area contributed by atoms with Crippen LogP contribution in [0.5, 0.6) is 11.5 Å². The molecule has 0 aromatic heterocycles. The fourth-order valence-electron chi connectivity index (χ4n) is 1.66. The largest absolute Gasteiger partial charge is 0.491 e.